The molecule has 0 radical (unpaired) electrons. The number of carbonyl (C=O) groups excluding carboxylic acids is 1. The third-order valence-corrected chi connectivity index (χ3v) is 4.32. The van der Waals surface area contributed by atoms with Gasteiger partial charge in [-0.1, -0.05) is 19.3 Å². The molecule has 1 aliphatic rings. The number of hydrogen-bond donors (Lipinski definition) is 0. The molecule has 1 aromatic carbocycles. The van der Waals surface area contributed by atoms with Gasteiger partial charge in [0.15, 0.2) is 0 Å². The Morgan fingerprint density at radius 3 is 2.30 bits per heavy atom. The molecular formula is C16H20F2O2. The second-order valence-electron chi connectivity index (χ2n) is 5.58. The maximum atomic E-state index is 13.5. The van der Waals surface area contributed by atoms with Crippen LogP contribution in [-0.4, -0.2) is 13.1 Å². The molecular weight excluding hydrogens is 262 g/mol. The smallest absolute Gasteiger partial charge is 0.305 e. The Bertz CT molecular complexity index is 459. The summed E-state index contributed by atoms with van der Waals surface area (Å²) < 4.78 is 31.7. The molecule has 0 aromatic heterocycles. The molecule has 1 fully saturated rings. The van der Waals surface area contributed by atoms with Crippen LogP contribution in [0, 0.1) is 11.6 Å². The quantitative estimate of drug-likeness (QED) is 0.776. The van der Waals surface area contributed by atoms with Crippen LogP contribution in [0.4, 0.5) is 8.78 Å². The average molecular weight is 282 g/mol. The first kappa shape index (κ1) is 14.9. The average Bonchev–Trinajstić information content (AvgIpc) is 2.44. The van der Waals surface area contributed by atoms with Crippen molar-refractivity contribution in [1.82, 2.24) is 0 Å². The zero-order chi connectivity index (χ0) is 14.6. The van der Waals surface area contributed by atoms with Crippen molar-refractivity contribution >= 4 is 5.97 Å². The molecule has 0 unspecified atom stereocenters. The third kappa shape index (κ3) is 3.35. The second-order valence-corrected chi connectivity index (χ2v) is 5.58. The van der Waals surface area contributed by atoms with Gasteiger partial charge in [-0.3, -0.25) is 4.79 Å². The molecule has 0 N–H and O–H groups in total. The number of esters is 1. The number of halogens is 2. The van der Waals surface area contributed by atoms with Gasteiger partial charge in [-0.05, 0) is 42.4 Å². The number of rotatable bonds is 4. The molecule has 0 aliphatic heterocycles. The van der Waals surface area contributed by atoms with Crippen molar-refractivity contribution in [3.05, 3.63) is 35.4 Å². The van der Waals surface area contributed by atoms with Gasteiger partial charge in [0.05, 0.1) is 7.11 Å². The molecule has 4 heteroatoms. The van der Waals surface area contributed by atoms with Crippen molar-refractivity contribution in [2.24, 2.45) is 0 Å². The fourth-order valence-electron chi connectivity index (χ4n) is 3.21. The van der Waals surface area contributed by atoms with E-state index in [4.69, 9.17) is 0 Å². The Balaban J connectivity index is 2.27. The first-order valence-electron chi connectivity index (χ1n) is 7.09. The Morgan fingerprint density at radius 2 is 1.75 bits per heavy atom. The topological polar surface area (TPSA) is 26.3 Å². The highest BCUT2D eigenvalue weighted by atomic mass is 19.1. The number of carbonyl (C=O) groups is 1. The van der Waals surface area contributed by atoms with E-state index in [1.165, 1.54) is 19.2 Å². The van der Waals surface area contributed by atoms with Crippen LogP contribution in [0.1, 0.15) is 50.5 Å². The van der Waals surface area contributed by atoms with Gasteiger partial charge in [-0.25, -0.2) is 8.78 Å². The maximum absolute atomic E-state index is 13.5. The van der Waals surface area contributed by atoms with Crippen molar-refractivity contribution < 1.29 is 18.3 Å². The summed E-state index contributed by atoms with van der Waals surface area (Å²) in [7, 11) is 1.36. The van der Waals surface area contributed by atoms with E-state index < -0.39 is 11.6 Å². The number of benzene rings is 1. The van der Waals surface area contributed by atoms with Crippen LogP contribution >= 0.6 is 0 Å². The number of ether oxygens (including phenoxy) is 1. The second kappa shape index (κ2) is 6.33. The molecule has 0 bridgehead atoms. The molecule has 1 aromatic rings. The molecule has 0 heterocycles. The van der Waals surface area contributed by atoms with Gasteiger partial charge in [-0.2, -0.15) is 0 Å². The highest BCUT2D eigenvalue weighted by Crippen LogP contribution is 2.43. The summed E-state index contributed by atoms with van der Waals surface area (Å²) in [5.74, 6) is -1.38. The lowest BCUT2D eigenvalue weighted by molar-refractivity contribution is -0.141. The first-order valence-corrected chi connectivity index (χ1v) is 7.09. The van der Waals surface area contributed by atoms with Crippen LogP contribution < -0.4 is 0 Å². The zero-order valence-corrected chi connectivity index (χ0v) is 11.8. The predicted molar refractivity (Wildman–Crippen MR) is 72.4 cm³/mol. The van der Waals surface area contributed by atoms with E-state index in [1.807, 2.05) is 0 Å². The Morgan fingerprint density at radius 1 is 1.15 bits per heavy atom. The molecule has 20 heavy (non-hydrogen) atoms. The molecule has 1 saturated carbocycles. The maximum Gasteiger partial charge on any atom is 0.305 e. The van der Waals surface area contributed by atoms with Crippen molar-refractivity contribution in [3.63, 3.8) is 0 Å². The van der Waals surface area contributed by atoms with Gasteiger partial charge in [0.2, 0.25) is 0 Å². The normalized spacial score (nSPS) is 17.8. The summed E-state index contributed by atoms with van der Waals surface area (Å²) >= 11 is 0. The molecule has 0 saturated heterocycles. The van der Waals surface area contributed by atoms with E-state index in [-0.39, 0.29) is 17.8 Å². The summed E-state index contributed by atoms with van der Waals surface area (Å²) in [6, 6.07) is 3.71. The summed E-state index contributed by atoms with van der Waals surface area (Å²) in [5, 5.41) is 0. The summed E-state index contributed by atoms with van der Waals surface area (Å²) in [5.41, 5.74) is 0.383. The summed E-state index contributed by atoms with van der Waals surface area (Å²) in [6.07, 6.45) is 5.80. The largest absolute Gasteiger partial charge is 0.469 e. The van der Waals surface area contributed by atoms with Gasteiger partial charge in [0, 0.05) is 12.5 Å². The number of methoxy groups -OCH3 is 1. The van der Waals surface area contributed by atoms with Crippen molar-refractivity contribution in [3.8, 4) is 0 Å². The molecule has 0 spiro atoms. The third-order valence-electron chi connectivity index (χ3n) is 4.32. The lowest BCUT2D eigenvalue weighted by Gasteiger charge is -2.38. The fourth-order valence-corrected chi connectivity index (χ4v) is 3.21. The molecule has 110 valence electrons. The summed E-state index contributed by atoms with van der Waals surface area (Å²) in [4.78, 5) is 11.4. The first-order chi connectivity index (χ1) is 9.55. The zero-order valence-electron chi connectivity index (χ0n) is 11.8. The number of hydrogen-bond acceptors (Lipinski definition) is 2. The van der Waals surface area contributed by atoms with Crippen LogP contribution in [0.2, 0.25) is 0 Å². The van der Waals surface area contributed by atoms with Crippen LogP contribution in [0.3, 0.4) is 0 Å². The molecule has 2 nitrogen and oxygen atoms in total. The van der Waals surface area contributed by atoms with Crippen molar-refractivity contribution in [2.75, 3.05) is 7.11 Å². The molecule has 1 aliphatic carbocycles. The van der Waals surface area contributed by atoms with E-state index in [0.29, 0.717) is 12.0 Å². The van der Waals surface area contributed by atoms with E-state index >= 15 is 0 Å². The highest BCUT2D eigenvalue weighted by molar-refractivity contribution is 5.69. The predicted octanol–water partition coefficient (Wildman–Crippen LogP) is 4.12. The van der Waals surface area contributed by atoms with Crippen LogP contribution in [0.5, 0.6) is 0 Å². The lowest BCUT2D eigenvalue weighted by atomic mass is 9.67. The van der Waals surface area contributed by atoms with Crippen molar-refractivity contribution in [2.45, 2.75) is 50.4 Å². The minimum absolute atomic E-state index is 0.271. The van der Waals surface area contributed by atoms with Gasteiger partial charge >= 0.3 is 5.97 Å². The van der Waals surface area contributed by atoms with E-state index in [9.17, 15) is 13.6 Å². The summed E-state index contributed by atoms with van der Waals surface area (Å²) in [6.45, 7) is 0. The minimum atomic E-state index is -0.553. The molecule has 2 rings (SSSR count). The van der Waals surface area contributed by atoms with Crippen LogP contribution in [0.25, 0.3) is 0 Å². The van der Waals surface area contributed by atoms with E-state index in [1.54, 1.807) is 0 Å². The van der Waals surface area contributed by atoms with Crippen LogP contribution in [-0.2, 0) is 14.9 Å². The minimum Gasteiger partial charge on any atom is -0.469 e. The Labute approximate surface area is 118 Å². The van der Waals surface area contributed by atoms with Crippen molar-refractivity contribution in [1.29, 1.82) is 0 Å². The van der Waals surface area contributed by atoms with Gasteiger partial charge in [0.25, 0.3) is 0 Å². The van der Waals surface area contributed by atoms with E-state index in [0.717, 1.165) is 38.2 Å². The molecule has 0 atom stereocenters. The van der Waals surface area contributed by atoms with E-state index in [2.05, 4.69) is 4.74 Å². The van der Waals surface area contributed by atoms with Crippen LogP contribution in [0.15, 0.2) is 18.2 Å². The van der Waals surface area contributed by atoms with Gasteiger partial charge in [0.1, 0.15) is 11.6 Å². The SMILES string of the molecule is COC(=O)CCC1(c2cc(F)cc(F)c2)CCCCC1. The monoisotopic (exact) mass is 282 g/mol. The van der Waals surface area contributed by atoms with Gasteiger partial charge < -0.3 is 4.74 Å². The Hall–Kier alpha value is -1.45. The van der Waals surface area contributed by atoms with Gasteiger partial charge in [-0.15, -0.1) is 0 Å². The highest BCUT2D eigenvalue weighted by Gasteiger charge is 2.35. The fraction of sp³-hybridized carbons (Fsp3) is 0.562. The Kier molecular flexibility index (Phi) is 4.73. The molecule has 0 amide bonds. The lowest BCUT2D eigenvalue weighted by Crippen LogP contribution is -2.30. The standard InChI is InChI=1S/C16H20F2O2/c1-20-15(19)5-8-16(6-3-2-4-7-16)12-9-13(17)11-14(18)10-12/h9-11H,2-8H2,1H3.